The van der Waals surface area contributed by atoms with E-state index in [1.165, 1.54) is 70.3 Å². The van der Waals surface area contributed by atoms with Crippen LogP contribution in [0.25, 0.3) is 0 Å². The van der Waals surface area contributed by atoms with Crippen molar-refractivity contribution in [2.45, 2.75) is 204 Å². The van der Waals surface area contributed by atoms with Crippen LogP contribution in [-0.2, 0) is 18.4 Å². The van der Waals surface area contributed by atoms with Crippen molar-refractivity contribution >= 4 is 13.7 Å². The topological polar surface area (TPSA) is 226 Å². The molecule has 8 atom stereocenters. The van der Waals surface area contributed by atoms with Crippen LogP contribution in [-0.4, -0.2) is 108 Å². The summed E-state index contributed by atoms with van der Waals surface area (Å²) in [6.07, 6.45) is 18.4. The molecule has 9 N–H and O–H groups in total. The zero-order valence-electron chi connectivity index (χ0n) is 32.9. The van der Waals surface area contributed by atoms with Crippen molar-refractivity contribution in [3.63, 3.8) is 0 Å². The molecule has 1 fully saturated rings. The minimum absolute atomic E-state index is 0.264. The quantitative estimate of drug-likeness (QED) is 0.0237. The highest BCUT2D eigenvalue weighted by atomic mass is 31.2. The number of phosphoric acid groups is 1. The number of rotatable bonds is 32. The summed E-state index contributed by atoms with van der Waals surface area (Å²) in [7, 11) is -5.14. The Hall–Kier alpha value is -1.48. The van der Waals surface area contributed by atoms with Crippen LogP contribution in [0.15, 0.2) is 36.5 Å². The van der Waals surface area contributed by atoms with Crippen molar-refractivity contribution in [3.05, 3.63) is 36.5 Å². The molecule has 54 heavy (non-hydrogen) atoms. The van der Waals surface area contributed by atoms with Crippen molar-refractivity contribution in [2.75, 3.05) is 6.61 Å². The van der Waals surface area contributed by atoms with Crippen LogP contribution in [0.3, 0.4) is 0 Å². The van der Waals surface area contributed by atoms with Crippen LogP contribution in [0.5, 0.6) is 0 Å². The average Bonchev–Trinajstić information content (AvgIpc) is 3.14. The van der Waals surface area contributed by atoms with E-state index in [1.807, 2.05) is 0 Å². The maximum atomic E-state index is 12.9. The van der Waals surface area contributed by atoms with Gasteiger partial charge in [0.1, 0.15) is 36.6 Å². The predicted molar refractivity (Wildman–Crippen MR) is 210 cm³/mol. The molecule has 0 aromatic rings. The molecule has 1 aliphatic carbocycles. The van der Waals surface area contributed by atoms with Crippen molar-refractivity contribution in [2.24, 2.45) is 0 Å². The van der Waals surface area contributed by atoms with Crippen molar-refractivity contribution in [3.8, 4) is 0 Å². The Kier molecular flexibility index (Phi) is 28.7. The molecule has 1 aliphatic rings. The molecule has 1 amide bonds. The molecular weight excluding hydrogens is 717 g/mol. The Balaban J connectivity index is 2.63. The van der Waals surface area contributed by atoms with Gasteiger partial charge in [0.2, 0.25) is 5.91 Å². The fraction of sp³-hybridized carbons (Fsp3) is 0.825. The summed E-state index contributed by atoms with van der Waals surface area (Å²) < 4.78 is 22.7. The van der Waals surface area contributed by atoms with Gasteiger partial charge in [0.25, 0.3) is 0 Å². The second-order valence-corrected chi connectivity index (χ2v) is 16.1. The van der Waals surface area contributed by atoms with Crippen molar-refractivity contribution in [1.82, 2.24) is 5.32 Å². The molecule has 0 bridgehead atoms. The predicted octanol–water partition coefficient (Wildman–Crippen LogP) is 5.41. The zero-order valence-corrected chi connectivity index (χ0v) is 33.8. The lowest BCUT2D eigenvalue weighted by atomic mass is 9.85. The molecule has 0 saturated heterocycles. The van der Waals surface area contributed by atoms with Crippen LogP contribution >= 0.6 is 7.82 Å². The first-order valence-corrected chi connectivity index (χ1v) is 22.0. The minimum Gasteiger partial charge on any atom is -0.393 e. The number of hydrogen-bond donors (Lipinski definition) is 9. The molecular formula is C40H74NO12P. The monoisotopic (exact) mass is 791 g/mol. The van der Waals surface area contributed by atoms with Gasteiger partial charge in [-0.2, -0.15) is 0 Å². The first-order chi connectivity index (χ1) is 25.8. The summed E-state index contributed by atoms with van der Waals surface area (Å²) in [4.78, 5) is 23.3. The normalized spacial score (nSPS) is 25.0. The van der Waals surface area contributed by atoms with Gasteiger partial charge in [-0.15, -0.1) is 0 Å². The molecule has 14 heteroatoms. The second kappa shape index (κ2) is 30.6. The molecule has 1 rings (SSSR count). The van der Waals surface area contributed by atoms with E-state index in [0.29, 0.717) is 12.8 Å². The number of carbonyl (C=O) groups is 1. The standard InChI is InChI=1S/C40H74NO12P/c1-3-5-7-9-11-13-15-16-17-18-19-21-23-25-27-31(42)29-34(44)41-32(33(43)28-26-24-22-20-14-12-10-8-6-4-2)30-52-54(50,51)53-40-38(48)36(46)35(45)37(47)39(40)49/h14,17-18,20,26,28,31-33,35-40,42-43,45-49H,3-13,15-16,19,21-25,27,29-30H2,1-2H3,(H,41,44)(H,50,51)/b18-17-,20-14+,28-26+. The third kappa shape index (κ3) is 22.9. The average molecular weight is 792 g/mol. The van der Waals surface area contributed by atoms with E-state index in [0.717, 1.165) is 51.4 Å². The van der Waals surface area contributed by atoms with Gasteiger partial charge in [-0.1, -0.05) is 121 Å². The van der Waals surface area contributed by atoms with Crippen LogP contribution in [0.1, 0.15) is 149 Å². The van der Waals surface area contributed by atoms with E-state index in [4.69, 9.17) is 9.05 Å². The molecule has 1 saturated carbocycles. The molecule has 0 radical (unpaired) electrons. The van der Waals surface area contributed by atoms with E-state index < -0.39 is 75.2 Å². The summed E-state index contributed by atoms with van der Waals surface area (Å²) in [5.74, 6) is -0.616. The lowest BCUT2D eigenvalue weighted by Crippen LogP contribution is -2.64. The zero-order chi connectivity index (χ0) is 40.2. The largest absolute Gasteiger partial charge is 0.472 e. The summed E-state index contributed by atoms with van der Waals surface area (Å²) in [6.45, 7) is 3.64. The van der Waals surface area contributed by atoms with Gasteiger partial charge in [0, 0.05) is 0 Å². The highest BCUT2D eigenvalue weighted by molar-refractivity contribution is 7.47. The number of aliphatic hydroxyl groups excluding tert-OH is 7. The Morgan fingerprint density at radius 3 is 1.65 bits per heavy atom. The van der Waals surface area contributed by atoms with Crippen LogP contribution in [0.2, 0.25) is 0 Å². The van der Waals surface area contributed by atoms with E-state index in [1.54, 1.807) is 6.08 Å². The summed E-state index contributed by atoms with van der Waals surface area (Å²) in [5, 5.41) is 74.0. The highest BCUT2D eigenvalue weighted by Crippen LogP contribution is 2.47. The molecule has 0 spiro atoms. The van der Waals surface area contributed by atoms with Crippen LogP contribution in [0, 0.1) is 0 Å². The highest BCUT2D eigenvalue weighted by Gasteiger charge is 2.51. The number of nitrogens with one attached hydrogen (secondary N) is 1. The van der Waals surface area contributed by atoms with Crippen LogP contribution < -0.4 is 5.32 Å². The molecule has 316 valence electrons. The molecule has 0 aromatic carbocycles. The number of unbranched alkanes of at least 4 members (excludes halogenated alkanes) is 15. The molecule has 8 unspecified atom stereocenters. The molecule has 0 aromatic heterocycles. The van der Waals surface area contributed by atoms with E-state index >= 15 is 0 Å². The maximum absolute atomic E-state index is 12.9. The Morgan fingerprint density at radius 2 is 1.09 bits per heavy atom. The maximum Gasteiger partial charge on any atom is 0.472 e. The third-order valence-electron chi connectivity index (χ3n) is 9.70. The number of carbonyl (C=O) groups excluding carboxylic acids is 1. The number of hydrogen-bond acceptors (Lipinski definition) is 11. The first-order valence-electron chi connectivity index (χ1n) is 20.5. The van der Waals surface area contributed by atoms with Gasteiger partial charge in [-0.3, -0.25) is 13.8 Å². The van der Waals surface area contributed by atoms with Gasteiger partial charge in [-0.05, 0) is 57.8 Å². The second-order valence-electron chi connectivity index (χ2n) is 14.7. The number of amides is 1. The lowest BCUT2D eigenvalue weighted by Gasteiger charge is -2.41. The van der Waals surface area contributed by atoms with Gasteiger partial charge in [0.05, 0.1) is 31.3 Å². The first kappa shape index (κ1) is 50.5. The number of phosphoric ester groups is 1. The SMILES string of the molecule is CCCCCC/C=C/CC/C=C/C(O)C(COP(=O)(O)OC1C(O)C(O)C(O)C(O)C1O)NC(=O)CC(O)CCCCC/C=C\CCCCCCCCC. The van der Waals surface area contributed by atoms with E-state index in [2.05, 4.69) is 43.5 Å². The number of allylic oxidation sites excluding steroid dienone is 5. The fourth-order valence-corrected chi connectivity index (χ4v) is 7.22. The lowest BCUT2D eigenvalue weighted by molar-refractivity contribution is -0.220. The van der Waals surface area contributed by atoms with Gasteiger partial charge >= 0.3 is 7.82 Å². The summed E-state index contributed by atoms with van der Waals surface area (Å²) in [5.41, 5.74) is 0. The van der Waals surface area contributed by atoms with Gasteiger partial charge in [-0.25, -0.2) is 4.57 Å². The fourth-order valence-electron chi connectivity index (χ4n) is 6.25. The van der Waals surface area contributed by atoms with Crippen molar-refractivity contribution in [1.29, 1.82) is 0 Å². The minimum atomic E-state index is -5.14. The Morgan fingerprint density at radius 1 is 0.648 bits per heavy atom. The molecule has 0 heterocycles. The van der Waals surface area contributed by atoms with E-state index in [-0.39, 0.29) is 6.42 Å². The van der Waals surface area contributed by atoms with Crippen molar-refractivity contribution < 1.29 is 59.0 Å². The van der Waals surface area contributed by atoms with E-state index in [9.17, 15) is 50.0 Å². The summed E-state index contributed by atoms with van der Waals surface area (Å²) in [6, 6.07) is -1.26. The summed E-state index contributed by atoms with van der Waals surface area (Å²) >= 11 is 0. The molecule has 0 aliphatic heterocycles. The Bertz CT molecular complexity index is 1080. The smallest absolute Gasteiger partial charge is 0.393 e. The van der Waals surface area contributed by atoms with Gasteiger partial charge in [0.15, 0.2) is 0 Å². The van der Waals surface area contributed by atoms with Gasteiger partial charge < -0.3 is 46.0 Å². The molecule has 13 nitrogen and oxygen atoms in total. The Labute approximate surface area is 324 Å². The number of aliphatic hydroxyl groups is 7. The third-order valence-corrected chi connectivity index (χ3v) is 10.7. The van der Waals surface area contributed by atoms with Crippen LogP contribution in [0.4, 0.5) is 0 Å².